The standard InChI is InChI=1S/C21H15F5N4O2S/c1-32-16-7-12(5-6-17(16)33-20(22)23)10-29-11-27-18-15(19(29)31)9-28-30(18)14-4-2-3-13(8-14)21(24,25)26/h2-9,11,20H,10H2,1H3. The van der Waals surface area contributed by atoms with Gasteiger partial charge in [0, 0.05) is 0 Å². The minimum Gasteiger partial charge on any atom is -0.496 e. The van der Waals surface area contributed by atoms with Crippen LogP contribution in [-0.2, 0) is 12.7 Å². The molecule has 0 saturated carbocycles. The van der Waals surface area contributed by atoms with Crippen molar-refractivity contribution in [1.82, 2.24) is 19.3 Å². The fourth-order valence-electron chi connectivity index (χ4n) is 3.26. The zero-order valence-corrected chi connectivity index (χ0v) is 17.7. The molecule has 0 fully saturated rings. The van der Waals surface area contributed by atoms with Crippen LogP contribution in [0.3, 0.4) is 0 Å². The molecule has 2 heterocycles. The number of thioether (sulfide) groups is 1. The van der Waals surface area contributed by atoms with Crippen LogP contribution >= 0.6 is 11.8 Å². The predicted molar refractivity (Wildman–Crippen MR) is 112 cm³/mol. The maximum atomic E-state index is 13.0. The van der Waals surface area contributed by atoms with E-state index < -0.39 is 23.1 Å². The molecular formula is C21H15F5N4O2S. The lowest BCUT2D eigenvalue weighted by Crippen LogP contribution is -2.21. The topological polar surface area (TPSA) is 61.9 Å². The summed E-state index contributed by atoms with van der Waals surface area (Å²) >= 11 is 0.352. The van der Waals surface area contributed by atoms with E-state index in [1.54, 1.807) is 12.1 Å². The fraction of sp³-hybridized carbons (Fsp3) is 0.190. The maximum absolute atomic E-state index is 13.0. The van der Waals surface area contributed by atoms with Crippen LogP contribution in [0.4, 0.5) is 22.0 Å². The first-order valence-corrected chi connectivity index (χ1v) is 10.3. The summed E-state index contributed by atoms with van der Waals surface area (Å²) in [4.78, 5) is 17.4. The van der Waals surface area contributed by atoms with Gasteiger partial charge in [-0.2, -0.15) is 27.1 Å². The Labute approximate surface area is 187 Å². The summed E-state index contributed by atoms with van der Waals surface area (Å²) in [7, 11) is 1.36. The Bertz CT molecular complexity index is 1370. The Kier molecular flexibility index (Phi) is 6.11. The van der Waals surface area contributed by atoms with Crippen LogP contribution in [0.15, 0.2) is 64.7 Å². The number of nitrogens with zero attached hydrogens (tertiary/aromatic N) is 4. The van der Waals surface area contributed by atoms with E-state index in [1.807, 2.05) is 0 Å². The van der Waals surface area contributed by atoms with Gasteiger partial charge in [0.25, 0.3) is 11.3 Å². The molecule has 12 heteroatoms. The molecule has 0 aliphatic heterocycles. The van der Waals surface area contributed by atoms with Crippen LogP contribution in [0, 0.1) is 0 Å². The zero-order valence-electron chi connectivity index (χ0n) is 16.9. The van der Waals surface area contributed by atoms with E-state index in [1.165, 1.54) is 42.4 Å². The predicted octanol–water partition coefficient (Wildman–Crippen LogP) is 4.97. The lowest BCUT2D eigenvalue weighted by molar-refractivity contribution is -0.137. The highest BCUT2D eigenvalue weighted by atomic mass is 32.2. The third kappa shape index (κ3) is 4.70. The Hall–Kier alpha value is -3.41. The molecular weight excluding hydrogens is 467 g/mol. The van der Waals surface area contributed by atoms with Crippen molar-refractivity contribution in [3.8, 4) is 11.4 Å². The number of benzene rings is 2. The molecule has 0 atom stereocenters. The fourth-order valence-corrected chi connectivity index (χ4v) is 3.86. The monoisotopic (exact) mass is 482 g/mol. The number of methoxy groups -OCH3 is 1. The van der Waals surface area contributed by atoms with Crippen LogP contribution in [0.25, 0.3) is 16.7 Å². The van der Waals surface area contributed by atoms with Crippen molar-refractivity contribution in [3.63, 3.8) is 0 Å². The lowest BCUT2D eigenvalue weighted by atomic mass is 10.2. The van der Waals surface area contributed by atoms with Crippen LogP contribution in [-0.4, -0.2) is 32.2 Å². The second kappa shape index (κ2) is 8.85. The number of aromatic nitrogens is 4. The molecule has 2 aromatic carbocycles. The van der Waals surface area contributed by atoms with Crippen LogP contribution in [0.5, 0.6) is 5.75 Å². The van der Waals surface area contributed by atoms with E-state index >= 15 is 0 Å². The summed E-state index contributed by atoms with van der Waals surface area (Å²) in [5.74, 6) is -2.36. The van der Waals surface area contributed by atoms with Gasteiger partial charge in [0.2, 0.25) is 0 Å². The molecule has 6 nitrogen and oxygen atoms in total. The van der Waals surface area contributed by atoms with E-state index in [4.69, 9.17) is 4.74 Å². The van der Waals surface area contributed by atoms with E-state index in [9.17, 15) is 26.7 Å². The maximum Gasteiger partial charge on any atom is 0.416 e. The smallest absolute Gasteiger partial charge is 0.416 e. The van der Waals surface area contributed by atoms with Crippen molar-refractivity contribution >= 4 is 22.8 Å². The number of rotatable bonds is 6. The summed E-state index contributed by atoms with van der Waals surface area (Å²) in [6.45, 7) is 0.0759. The number of hydrogen-bond acceptors (Lipinski definition) is 5. The highest BCUT2D eigenvalue weighted by molar-refractivity contribution is 7.99. The number of fused-ring (bicyclic) bond motifs is 1. The molecule has 172 valence electrons. The second-order valence-electron chi connectivity index (χ2n) is 6.88. The van der Waals surface area contributed by atoms with Gasteiger partial charge >= 0.3 is 6.18 Å². The minimum atomic E-state index is -4.52. The van der Waals surface area contributed by atoms with Crippen LogP contribution < -0.4 is 10.3 Å². The first-order valence-electron chi connectivity index (χ1n) is 9.40. The highest BCUT2D eigenvalue weighted by Gasteiger charge is 2.30. The Balaban J connectivity index is 1.68. The first-order chi connectivity index (χ1) is 15.7. The summed E-state index contributed by atoms with van der Waals surface area (Å²) in [5, 5.41) is 4.16. The van der Waals surface area contributed by atoms with Gasteiger partial charge in [-0.1, -0.05) is 23.9 Å². The third-order valence-electron chi connectivity index (χ3n) is 4.77. The highest BCUT2D eigenvalue weighted by Crippen LogP contribution is 2.34. The molecule has 0 saturated heterocycles. The summed E-state index contributed by atoms with van der Waals surface area (Å²) in [6.07, 6.45) is -2.03. The Morgan fingerprint density at radius 3 is 2.64 bits per heavy atom. The van der Waals surface area contributed by atoms with Crippen LogP contribution in [0.1, 0.15) is 11.1 Å². The SMILES string of the molecule is COc1cc(Cn2cnc3c(cnn3-c3cccc(C(F)(F)F)c3)c2=O)ccc1SC(F)F. The number of alkyl halides is 5. The molecule has 4 rings (SSSR count). The Morgan fingerprint density at radius 2 is 1.94 bits per heavy atom. The molecule has 0 aliphatic carbocycles. The minimum absolute atomic E-state index is 0.0759. The lowest BCUT2D eigenvalue weighted by Gasteiger charge is -2.11. The van der Waals surface area contributed by atoms with Gasteiger partial charge in [-0.05, 0) is 35.9 Å². The number of ether oxygens (including phenoxy) is 1. The van der Waals surface area contributed by atoms with Crippen LogP contribution in [0.2, 0.25) is 0 Å². The van der Waals surface area contributed by atoms with Gasteiger partial charge in [-0.3, -0.25) is 9.36 Å². The summed E-state index contributed by atoms with van der Waals surface area (Å²) in [5.41, 5.74) is -0.472. The van der Waals surface area contributed by atoms with Gasteiger partial charge < -0.3 is 4.74 Å². The molecule has 4 aromatic rings. The quantitative estimate of drug-likeness (QED) is 0.287. The van der Waals surface area contributed by atoms with Gasteiger partial charge in [0.05, 0.1) is 36.0 Å². The van der Waals surface area contributed by atoms with Gasteiger partial charge in [-0.25, -0.2) is 9.67 Å². The van der Waals surface area contributed by atoms with E-state index in [2.05, 4.69) is 10.1 Å². The average Bonchev–Trinajstić information content (AvgIpc) is 3.21. The summed E-state index contributed by atoms with van der Waals surface area (Å²) < 4.78 is 72.1. The normalized spacial score (nSPS) is 12.0. The number of hydrogen-bond donors (Lipinski definition) is 0. The second-order valence-corrected chi connectivity index (χ2v) is 7.91. The van der Waals surface area contributed by atoms with Crippen molar-refractivity contribution in [2.24, 2.45) is 0 Å². The molecule has 33 heavy (non-hydrogen) atoms. The zero-order chi connectivity index (χ0) is 23.8. The van der Waals surface area contributed by atoms with Crippen molar-refractivity contribution in [2.75, 3.05) is 7.11 Å². The van der Waals surface area contributed by atoms with E-state index in [0.29, 0.717) is 17.3 Å². The van der Waals surface area contributed by atoms with Gasteiger partial charge in [0.15, 0.2) is 5.65 Å². The largest absolute Gasteiger partial charge is 0.496 e. The van der Waals surface area contributed by atoms with Gasteiger partial charge in [-0.15, -0.1) is 0 Å². The van der Waals surface area contributed by atoms with Crippen molar-refractivity contribution in [2.45, 2.75) is 23.4 Å². The molecule has 0 radical (unpaired) electrons. The molecule has 0 bridgehead atoms. The van der Waals surface area contributed by atoms with Crippen molar-refractivity contribution in [3.05, 3.63) is 76.5 Å². The van der Waals surface area contributed by atoms with E-state index in [-0.39, 0.29) is 33.9 Å². The first kappa shape index (κ1) is 22.8. The van der Waals surface area contributed by atoms with Gasteiger partial charge in [0.1, 0.15) is 17.5 Å². The number of halogens is 5. The molecule has 0 amide bonds. The average molecular weight is 482 g/mol. The molecule has 0 aliphatic rings. The molecule has 2 aromatic heterocycles. The molecule has 0 unspecified atom stereocenters. The van der Waals surface area contributed by atoms with Crippen molar-refractivity contribution in [1.29, 1.82) is 0 Å². The Morgan fingerprint density at radius 1 is 1.15 bits per heavy atom. The van der Waals surface area contributed by atoms with E-state index in [0.717, 1.165) is 16.8 Å². The summed E-state index contributed by atoms with van der Waals surface area (Å²) in [6, 6.07) is 9.16. The van der Waals surface area contributed by atoms with Crippen molar-refractivity contribution < 1.29 is 26.7 Å². The molecule has 0 spiro atoms. The third-order valence-corrected chi connectivity index (χ3v) is 5.54. The molecule has 0 N–H and O–H groups in total.